The molecule has 0 radical (unpaired) electrons. The van der Waals surface area contributed by atoms with Crippen molar-refractivity contribution in [1.29, 1.82) is 0 Å². The molecule has 0 fully saturated rings. The number of aromatic nitrogens is 4. The van der Waals surface area contributed by atoms with Gasteiger partial charge in [-0.2, -0.15) is 4.80 Å². The van der Waals surface area contributed by atoms with Crippen molar-refractivity contribution in [3.8, 4) is 11.4 Å². The second kappa shape index (κ2) is 7.59. The molecular formula is C20H22N6O2. The summed E-state index contributed by atoms with van der Waals surface area (Å²) in [5.41, 5.74) is 8.25. The first-order valence-corrected chi connectivity index (χ1v) is 8.81. The van der Waals surface area contributed by atoms with E-state index in [-0.39, 0.29) is 17.9 Å². The maximum Gasteiger partial charge on any atom is 0.248 e. The van der Waals surface area contributed by atoms with E-state index in [0.717, 1.165) is 0 Å². The first-order chi connectivity index (χ1) is 13.2. The van der Waals surface area contributed by atoms with Crippen molar-refractivity contribution in [3.05, 3.63) is 59.7 Å². The van der Waals surface area contributed by atoms with Crippen molar-refractivity contribution in [2.24, 2.45) is 5.73 Å². The number of hydrogen-bond donors (Lipinski definition) is 2. The van der Waals surface area contributed by atoms with Crippen LogP contribution < -0.4 is 11.1 Å². The van der Waals surface area contributed by atoms with Crippen molar-refractivity contribution in [2.75, 3.05) is 5.32 Å². The number of nitrogens with two attached hydrogens (primary N) is 1. The molecular weight excluding hydrogens is 356 g/mol. The summed E-state index contributed by atoms with van der Waals surface area (Å²) in [4.78, 5) is 24.6. The molecule has 0 saturated carbocycles. The third kappa shape index (κ3) is 4.59. The highest BCUT2D eigenvalue weighted by molar-refractivity contribution is 5.93. The van der Waals surface area contributed by atoms with Gasteiger partial charge in [-0.3, -0.25) is 9.59 Å². The fourth-order valence-corrected chi connectivity index (χ4v) is 2.59. The van der Waals surface area contributed by atoms with Gasteiger partial charge in [-0.1, -0.05) is 45.0 Å². The molecule has 8 heteroatoms. The average Bonchev–Trinajstić information content (AvgIpc) is 3.09. The van der Waals surface area contributed by atoms with E-state index in [0.29, 0.717) is 22.6 Å². The predicted octanol–water partition coefficient (Wildman–Crippen LogP) is 2.38. The minimum Gasteiger partial charge on any atom is -0.366 e. The lowest BCUT2D eigenvalue weighted by Gasteiger charge is -2.19. The molecule has 3 rings (SSSR count). The zero-order valence-electron chi connectivity index (χ0n) is 16.0. The average molecular weight is 378 g/mol. The molecule has 1 aromatic heterocycles. The number of nitrogens with one attached hydrogen (secondary N) is 1. The Balaban J connectivity index is 1.63. The number of primary amides is 1. The summed E-state index contributed by atoms with van der Waals surface area (Å²) in [5, 5.41) is 14.9. The van der Waals surface area contributed by atoms with Gasteiger partial charge in [0.1, 0.15) is 6.54 Å². The van der Waals surface area contributed by atoms with Gasteiger partial charge in [-0.15, -0.1) is 10.2 Å². The Bertz CT molecular complexity index is 985. The number of rotatable bonds is 5. The van der Waals surface area contributed by atoms with Gasteiger partial charge in [0, 0.05) is 16.8 Å². The second-order valence-corrected chi connectivity index (χ2v) is 7.46. The van der Waals surface area contributed by atoms with E-state index in [9.17, 15) is 9.59 Å². The summed E-state index contributed by atoms with van der Waals surface area (Å²) in [7, 11) is 0. The Morgan fingerprint density at radius 1 is 1.04 bits per heavy atom. The van der Waals surface area contributed by atoms with Crippen LogP contribution in [0.4, 0.5) is 5.69 Å². The first kappa shape index (κ1) is 19.2. The highest BCUT2D eigenvalue weighted by atomic mass is 16.2. The molecule has 3 N–H and O–H groups in total. The van der Waals surface area contributed by atoms with Crippen LogP contribution >= 0.6 is 0 Å². The largest absolute Gasteiger partial charge is 0.366 e. The standard InChI is InChI=1S/C20H22N6O2/c1-20(2,3)15-8-10-16(11-9-15)22-17(27)12-26-24-19(23-25-26)14-6-4-13(5-7-14)18(21)28/h4-11H,12H2,1-3H3,(H2,21,28)(H,22,27). The number of carbonyl (C=O) groups is 2. The molecule has 2 amide bonds. The molecule has 0 bridgehead atoms. The molecule has 144 valence electrons. The van der Waals surface area contributed by atoms with E-state index in [2.05, 4.69) is 41.5 Å². The predicted molar refractivity (Wildman–Crippen MR) is 106 cm³/mol. The summed E-state index contributed by atoms with van der Waals surface area (Å²) in [6.45, 7) is 6.34. The van der Waals surface area contributed by atoms with Gasteiger partial charge in [0.15, 0.2) is 0 Å². The Hall–Kier alpha value is -3.55. The number of benzene rings is 2. The molecule has 2 aromatic carbocycles. The van der Waals surface area contributed by atoms with E-state index in [1.165, 1.54) is 10.4 Å². The van der Waals surface area contributed by atoms with Crippen molar-refractivity contribution >= 4 is 17.5 Å². The molecule has 0 aliphatic rings. The van der Waals surface area contributed by atoms with Crippen LogP contribution in [-0.4, -0.2) is 32.0 Å². The maximum absolute atomic E-state index is 12.2. The number of hydrogen-bond acceptors (Lipinski definition) is 5. The lowest BCUT2D eigenvalue weighted by atomic mass is 9.87. The van der Waals surface area contributed by atoms with E-state index in [4.69, 9.17) is 5.73 Å². The van der Waals surface area contributed by atoms with Crippen molar-refractivity contribution in [1.82, 2.24) is 20.2 Å². The van der Waals surface area contributed by atoms with Crippen LogP contribution in [0.1, 0.15) is 36.7 Å². The third-order valence-corrected chi connectivity index (χ3v) is 4.20. The van der Waals surface area contributed by atoms with Crippen molar-refractivity contribution in [3.63, 3.8) is 0 Å². The second-order valence-electron chi connectivity index (χ2n) is 7.46. The zero-order valence-corrected chi connectivity index (χ0v) is 16.0. The van der Waals surface area contributed by atoms with E-state index >= 15 is 0 Å². The molecule has 0 spiro atoms. The third-order valence-electron chi connectivity index (χ3n) is 4.20. The number of tetrazole rings is 1. The number of carbonyl (C=O) groups excluding carboxylic acids is 2. The van der Waals surface area contributed by atoms with Crippen LogP contribution in [-0.2, 0) is 16.8 Å². The first-order valence-electron chi connectivity index (χ1n) is 8.81. The van der Waals surface area contributed by atoms with E-state index in [1.807, 2.05) is 24.3 Å². The Morgan fingerprint density at radius 2 is 1.68 bits per heavy atom. The highest BCUT2D eigenvalue weighted by Gasteiger charge is 2.14. The van der Waals surface area contributed by atoms with Crippen LogP contribution in [0.5, 0.6) is 0 Å². The van der Waals surface area contributed by atoms with Crippen molar-refractivity contribution < 1.29 is 9.59 Å². The quantitative estimate of drug-likeness (QED) is 0.707. The molecule has 0 atom stereocenters. The molecule has 1 heterocycles. The van der Waals surface area contributed by atoms with Crippen LogP contribution in [0.25, 0.3) is 11.4 Å². The van der Waals surface area contributed by atoms with Gasteiger partial charge in [0.25, 0.3) is 0 Å². The summed E-state index contributed by atoms with van der Waals surface area (Å²) in [5.74, 6) is -0.398. The van der Waals surface area contributed by atoms with E-state index < -0.39 is 5.91 Å². The monoisotopic (exact) mass is 378 g/mol. The SMILES string of the molecule is CC(C)(C)c1ccc(NC(=O)Cn2nnc(-c3ccc(C(N)=O)cc3)n2)cc1. The van der Waals surface area contributed by atoms with Gasteiger partial charge in [-0.05, 0) is 40.5 Å². The van der Waals surface area contributed by atoms with Gasteiger partial charge < -0.3 is 11.1 Å². The number of anilines is 1. The number of nitrogens with zero attached hydrogens (tertiary/aromatic N) is 4. The van der Waals surface area contributed by atoms with Gasteiger partial charge in [-0.25, -0.2) is 0 Å². The van der Waals surface area contributed by atoms with Crippen LogP contribution in [0.2, 0.25) is 0 Å². The molecule has 0 aliphatic heterocycles. The normalized spacial score (nSPS) is 11.2. The summed E-state index contributed by atoms with van der Waals surface area (Å²) in [6, 6.07) is 14.3. The van der Waals surface area contributed by atoms with Crippen LogP contribution in [0.3, 0.4) is 0 Å². The Kier molecular flexibility index (Phi) is 5.21. The van der Waals surface area contributed by atoms with Crippen molar-refractivity contribution in [2.45, 2.75) is 32.7 Å². The topological polar surface area (TPSA) is 116 Å². The van der Waals surface area contributed by atoms with Crippen LogP contribution in [0, 0.1) is 0 Å². The van der Waals surface area contributed by atoms with E-state index in [1.54, 1.807) is 24.3 Å². The lowest BCUT2D eigenvalue weighted by Crippen LogP contribution is -2.20. The number of amides is 2. The van der Waals surface area contributed by atoms with Gasteiger partial charge in [0.05, 0.1) is 0 Å². The molecule has 8 nitrogen and oxygen atoms in total. The fourth-order valence-electron chi connectivity index (χ4n) is 2.59. The maximum atomic E-state index is 12.2. The van der Waals surface area contributed by atoms with Crippen LogP contribution in [0.15, 0.2) is 48.5 Å². The molecule has 0 saturated heterocycles. The molecule has 28 heavy (non-hydrogen) atoms. The molecule has 3 aromatic rings. The minimum atomic E-state index is -0.504. The Labute approximate surface area is 162 Å². The minimum absolute atomic E-state index is 0.0548. The summed E-state index contributed by atoms with van der Waals surface area (Å²) < 4.78 is 0. The lowest BCUT2D eigenvalue weighted by molar-refractivity contribution is -0.117. The highest BCUT2D eigenvalue weighted by Crippen LogP contribution is 2.23. The van der Waals surface area contributed by atoms with Gasteiger partial charge in [0.2, 0.25) is 17.6 Å². The summed E-state index contributed by atoms with van der Waals surface area (Å²) in [6.07, 6.45) is 0. The molecule has 0 aliphatic carbocycles. The Morgan fingerprint density at radius 3 is 2.25 bits per heavy atom. The zero-order chi connectivity index (χ0) is 20.3. The summed E-state index contributed by atoms with van der Waals surface area (Å²) >= 11 is 0. The van der Waals surface area contributed by atoms with Gasteiger partial charge >= 0.3 is 0 Å². The molecule has 0 unspecified atom stereocenters. The smallest absolute Gasteiger partial charge is 0.248 e. The fraction of sp³-hybridized carbons (Fsp3) is 0.250.